The van der Waals surface area contributed by atoms with Crippen LogP contribution in [0.4, 0.5) is 0 Å². The molecule has 0 saturated carbocycles. The van der Waals surface area contributed by atoms with Gasteiger partial charge in [-0.2, -0.15) is 0 Å². The van der Waals surface area contributed by atoms with Gasteiger partial charge in [-0.3, -0.25) is 0 Å². The largest absolute Gasteiger partial charge is 0.0459 e. The zero-order valence-electron chi connectivity index (χ0n) is 40.6. The Morgan fingerprint density at radius 2 is 0.483 bits per heavy atom. The number of benzene rings is 4. The lowest BCUT2D eigenvalue weighted by molar-refractivity contribution is 1.16. The van der Waals surface area contributed by atoms with Crippen molar-refractivity contribution >= 4 is 44.6 Å². The van der Waals surface area contributed by atoms with Crippen LogP contribution in [-0.2, 0) is 0 Å². The highest BCUT2D eigenvalue weighted by Gasteiger charge is 2.37. The molecule has 8 bridgehead atoms. The van der Waals surface area contributed by atoms with Gasteiger partial charge in [0.15, 0.2) is 0 Å². The van der Waals surface area contributed by atoms with Gasteiger partial charge in [0.1, 0.15) is 0 Å². The van der Waals surface area contributed by atoms with E-state index >= 15 is 0 Å². The Morgan fingerprint density at radius 1 is 0.233 bits per heavy atom. The number of hydrogen-bond acceptors (Lipinski definition) is 0. The van der Waals surface area contributed by atoms with Crippen molar-refractivity contribution < 1.29 is 0 Å². The predicted molar refractivity (Wildman–Crippen MR) is 263 cm³/mol. The van der Waals surface area contributed by atoms with Crippen molar-refractivity contribution in [3.63, 3.8) is 0 Å². The predicted octanol–water partition coefficient (Wildman–Crippen LogP) is 14.7. The molecule has 0 fully saturated rings. The molecule has 0 aromatic heterocycles. The first-order chi connectivity index (χ1) is 28.1. The molecular weight excluding hydrogens is 721 g/mol. The van der Waals surface area contributed by atoms with Crippen LogP contribution in [0.25, 0.3) is 44.6 Å². The molecule has 0 heterocycles. The second-order valence-electron chi connectivity index (χ2n) is 19.7. The van der Waals surface area contributed by atoms with E-state index in [1.54, 1.807) is 0 Å². The van der Waals surface area contributed by atoms with Crippen molar-refractivity contribution in [2.75, 3.05) is 0 Å². The Bertz CT molecular complexity index is 2960. The first kappa shape index (κ1) is 40.5. The summed E-state index contributed by atoms with van der Waals surface area (Å²) in [5.41, 5.74) is 49.1. The minimum Gasteiger partial charge on any atom is -0.0459 e. The number of allylic oxidation sites excluding steroid dienone is 12. The molecule has 5 aliphatic rings. The zero-order chi connectivity index (χ0) is 43.6. The van der Waals surface area contributed by atoms with E-state index in [0.717, 1.165) is 12.8 Å². The summed E-state index contributed by atoms with van der Waals surface area (Å²) in [4.78, 5) is 0. The van der Waals surface area contributed by atoms with E-state index in [0.29, 0.717) is 0 Å². The summed E-state index contributed by atoms with van der Waals surface area (Å²) >= 11 is 0. The van der Waals surface area contributed by atoms with Crippen LogP contribution in [0, 0.1) is 111 Å². The van der Waals surface area contributed by atoms with Crippen LogP contribution >= 0.6 is 0 Å². The van der Waals surface area contributed by atoms with Crippen LogP contribution in [0.2, 0.25) is 0 Å². The van der Waals surface area contributed by atoms with Gasteiger partial charge >= 0.3 is 0 Å². The van der Waals surface area contributed by atoms with Gasteiger partial charge in [-0.1, -0.05) is 0 Å². The normalized spacial score (nSPS) is 16.7. The third-order valence-corrected chi connectivity index (χ3v) is 17.7. The Morgan fingerprint density at radius 3 is 0.800 bits per heavy atom. The lowest BCUT2D eigenvalue weighted by Crippen LogP contribution is -2.32. The Kier molecular flexibility index (Phi) is 8.96. The molecule has 0 amide bonds. The summed E-state index contributed by atoms with van der Waals surface area (Å²) in [7, 11) is 0. The van der Waals surface area contributed by atoms with Gasteiger partial charge < -0.3 is 0 Å². The summed E-state index contributed by atoms with van der Waals surface area (Å²) in [6.07, 6.45) is 7.14. The number of hydrogen-bond donors (Lipinski definition) is 0. The van der Waals surface area contributed by atoms with Gasteiger partial charge in [0.25, 0.3) is 0 Å². The minimum atomic E-state index is 0.940. The van der Waals surface area contributed by atoms with E-state index in [1.807, 2.05) is 0 Å². The fourth-order valence-electron chi connectivity index (χ4n) is 12.5. The van der Waals surface area contributed by atoms with Crippen molar-refractivity contribution in [1.82, 2.24) is 0 Å². The number of fused-ring (bicyclic) bond motifs is 16. The van der Waals surface area contributed by atoms with Gasteiger partial charge in [0, 0.05) is 0 Å². The molecule has 306 valence electrons. The minimum absolute atomic E-state index is 0.940. The molecule has 5 aliphatic carbocycles. The van der Waals surface area contributed by atoms with Crippen LogP contribution < -0.4 is 10.4 Å². The van der Waals surface area contributed by atoms with E-state index in [9.17, 15) is 0 Å². The molecule has 0 saturated heterocycles. The molecule has 0 N–H and O–H groups in total. The van der Waals surface area contributed by atoms with Crippen molar-refractivity contribution in [1.29, 1.82) is 0 Å². The van der Waals surface area contributed by atoms with Gasteiger partial charge in [0.2, 0.25) is 0 Å². The zero-order valence-corrected chi connectivity index (χ0v) is 40.6. The first-order valence-corrected chi connectivity index (χ1v) is 22.6. The summed E-state index contributed by atoms with van der Waals surface area (Å²) in [6.45, 7) is 47.8. The molecule has 0 radical (unpaired) electrons. The Hall–Kier alpha value is -4.94. The van der Waals surface area contributed by atoms with Crippen molar-refractivity contribution in [2.45, 2.75) is 151 Å². The smallest absolute Gasteiger partial charge is 0.000754 e. The molecule has 9 rings (SSSR count). The van der Waals surface area contributed by atoms with Gasteiger partial charge in [-0.05, 0) is 363 Å². The fraction of sp³-hybridized carbons (Fsp3) is 0.367. The molecule has 0 aliphatic heterocycles. The SMILES string of the molecule is CC1=C2C=C(C(C)=C3CC(=C(C)C4=CC(=C(C)C5=c6c(C)c(C)c(C)c(C)c6=C1C5)c1c(C)c(C)c(C)c(C)c14)c1c(C)c(C)c(C)c(C)c13)c1c(C)c(C)c(C)c(C)c12. The van der Waals surface area contributed by atoms with E-state index in [1.165, 1.54) is 200 Å². The molecule has 4 aromatic carbocycles. The van der Waals surface area contributed by atoms with Crippen LogP contribution in [0.15, 0.2) is 34.4 Å². The Balaban J connectivity index is 1.57. The highest BCUT2D eigenvalue weighted by atomic mass is 14.4. The maximum Gasteiger partial charge on any atom is -0.000754 e. The summed E-state index contributed by atoms with van der Waals surface area (Å²) in [6, 6.07) is 0. The lowest BCUT2D eigenvalue weighted by Gasteiger charge is -2.21. The average Bonchev–Trinajstić information content (AvgIpc) is 4.03. The van der Waals surface area contributed by atoms with Crippen LogP contribution in [-0.4, -0.2) is 0 Å². The van der Waals surface area contributed by atoms with Gasteiger partial charge in [-0.15, -0.1) is 0 Å². The fourth-order valence-corrected chi connectivity index (χ4v) is 12.5. The molecule has 60 heavy (non-hydrogen) atoms. The highest BCUT2D eigenvalue weighted by Crippen LogP contribution is 2.57. The average molecular weight is 787 g/mol. The first-order valence-electron chi connectivity index (χ1n) is 22.6. The van der Waals surface area contributed by atoms with E-state index in [-0.39, 0.29) is 0 Å². The van der Waals surface area contributed by atoms with Crippen molar-refractivity contribution in [2.24, 2.45) is 0 Å². The highest BCUT2D eigenvalue weighted by molar-refractivity contribution is 6.14. The summed E-state index contributed by atoms with van der Waals surface area (Å²) in [5.74, 6) is 0. The summed E-state index contributed by atoms with van der Waals surface area (Å²) < 4.78 is 0. The molecule has 4 aromatic rings. The second kappa shape index (κ2) is 13.3. The summed E-state index contributed by atoms with van der Waals surface area (Å²) in [5, 5.41) is 2.96. The van der Waals surface area contributed by atoms with Crippen LogP contribution in [0.1, 0.15) is 163 Å². The lowest BCUT2D eigenvalue weighted by atomic mass is 9.83. The topological polar surface area (TPSA) is 0 Å². The van der Waals surface area contributed by atoms with Crippen molar-refractivity contribution in [3.05, 3.63) is 167 Å². The maximum absolute atomic E-state index is 2.63. The van der Waals surface area contributed by atoms with E-state index in [2.05, 4.69) is 151 Å². The number of rotatable bonds is 0. The van der Waals surface area contributed by atoms with E-state index in [4.69, 9.17) is 0 Å². The van der Waals surface area contributed by atoms with Crippen LogP contribution in [0.5, 0.6) is 0 Å². The molecule has 0 heteroatoms. The van der Waals surface area contributed by atoms with Gasteiger partial charge in [0.05, 0.1) is 0 Å². The Labute approximate surface area is 361 Å². The molecule has 0 atom stereocenters. The molecule has 0 spiro atoms. The standard InChI is InChI=1S/C60H66/c1-25-26(2)34(10)54-46-21-45(53(54)33(25)9)41(17)47-22-49(57-37(13)28(4)27(3)35(11)55(47)57)43(19)51-24-52(60-40(16)32(8)31(7)39(15)59(51)60)44(20)50-23-48(42(46)18)56-36(12)29(5)30(6)38(14)58(50)56/h21,24H,22-23H2,1-20H3. The van der Waals surface area contributed by atoms with E-state index < -0.39 is 0 Å². The molecular formula is C60H66. The maximum atomic E-state index is 2.63. The monoisotopic (exact) mass is 787 g/mol. The second-order valence-corrected chi connectivity index (χ2v) is 19.7. The third-order valence-electron chi connectivity index (χ3n) is 17.7. The third kappa shape index (κ3) is 4.91. The molecule has 0 nitrogen and oxygen atoms in total. The van der Waals surface area contributed by atoms with Crippen LogP contribution in [0.3, 0.4) is 0 Å². The quantitative estimate of drug-likeness (QED) is 0.167. The van der Waals surface area contributed by atoms with Gasteiger partial charge in [-0.25, -0.2) is 0 Å². The van der Waals surface area contributed by atoms with Crippen molar-refractivity contribution in [3.8, 4) is 0 Å². The molecule has 0 unspecified atom stereocenters.